The molecule has 18 heavy (non-hydrogen) atoms. The predicted molar refractivity (Wildman–Crippen MR) is 71.1 cm³/mol. The Balaban J connectivity index is 2.06. The van der Waals surface area contributed by atoms with Crippen molar-refractivity contribution in [2.45, 2.75) is 58.5 Å². The van der Waals surface area contributed by atoms with Gasteiger partial charge in [0.25, 0.3) is 0 Å². The van der Waals surface area contributed by atoms with Crippen LogP contribution < -0.4 is 0 Å². The molecule has 3 heteroatoms. The van der Waals surface area contributed by atoms with E-state index in [1.165, 1.54) is 0 Å². The molecule has 1 aliphatic heterocycles. The number of ether oxygens (including phenoxy) is 2. The summed E-state index contributed by atoms with van der Waals surface area (Å²) in [5.41, 5.74) is 1.07. The number of rotatable bonds is 4. The molecule has 0 N–H and O–H groups in total. The number of aromatic nitrogens is 1. The van der Waals surface area contributed by atoms with Crippen LogP contribution in [-0.2, 0) is 9.47 Å². The van der Waals surface area contributed by atoms with Gasteiger partial charge in [0.05, 0.1) is 12.2 Å². The number of hydrogen-bond donors (Lipinski definition) is 0. The van der Waals surface area contributed by atoms with E-state index in [1.54, 1.807) is 12.4 Å². The first-order chi connectivity index (χ1) is 8.69. The smallest absolute Gasteiger partial charge is 0.184 e. The highest BCUT2D eigenvalue weighted by Gasteiger charge is 2.30. The Kier molecular flexibility index (Phi) is 4.72. The molecular weight excluding hydrogens is 226 g/mol. The fourth-order valence-corrected chi connectivity index (χ4v) is 2.40. The Bertz CT molecular complexity index is 353. The van der Waals surface area contributed by atoms with Crippen molar-refractivity contribution in [1.29, 1.82) is 0 Å². The van der Waals surface area contributed by atoms with Crippen molar-refractivity contribution in [2.75, 3.05) is 0 Å². The second-order valence-corrected chi connectivity index (χ2v) is 5.40. The molecule has 0 spiro atoms. The average Bonchev–Trinajstić information content (AvgIpc) is 2.38. The van der Waals surface area contributed by atoms with Crippen LogP contribution in [0.5, 0.6) is 0 Å². The monoisotopic (exact) mass is 249 g/mol. The summed E-state index contributed by atoms with van der Waals surface area (Å²) in [6, 6.07) is 3.93. The van der Waals surface area contributed by atoms with Crippen LogP contribution >= 0.6 is 0 Å². The summed E-state index contributed by atoms with van der Waals surface area (Å²) < 4.78 is 12.0. The first-order valence-corrected chi connectivity index (χ1v) is 6.89. The summed E-state index contributed by atoms with van der Waals surface area (Å²) in [7, 11) is 0. The molecule has 2 rings (SSSR count). The first kappa shape index (κ1) is 13.5. The molecule has 3 nitrogen and oxygen atoms in total. The van der Waals surface area contributed by atoms with Crippen LogP contribution in [0.2, 0.25) is 0 Å². The Morgan fingerprint density at radius 2 is 1.89 bits per heavy atom. The van der Waals surface area contributed by atoms with E-state index < -0.39 is 0 Å². The summed E-state index contributed by atoms with van der Waals surface area (Å²) in [5.74, 6) is 0.656. The lowest BCUT2D eigenvalue weighted by Crippen LogP contribution is -2.34. The maximum atomic E-state index is 6.07. The normalized spacial score (nSPS) is 28.6. The molecule has 3 atom stereocenters. The number of hydrogen-bond acceptors (Lipinski definition) is 3. The maximum Gasteiger partial charge on any atom is 0.184 e. The Hall–Kier alpha value is -0.930. The molecule has 100 valence electrons. The molecule has 0 radical (unpaired) electrons. The van der Waals surface area contributed by atoms with Crippen molar-refractivity contribution in [1.82, 2.24) is 4.98 Å². The van der Waals surface area contributed by atoms with Crippen molar-refractivity contribution in [3.05, 3.63) is 30.1 Å². The van der Waals surface area contributed by atoms with Crippen LogP contribution in [0.1, 0.15) is 51.9 Å². The molecule has 0 bridgehead atoms. The minimum Gasteiger partial charge on any atom is -0.345 e. The molecule has 1 fully saturated rings. The number of nitrogens with zero attached hydrogens (tertiary/aromatic N) is 1. The van der Waals surface area contributed by atoms with Gasteiger partial charge in [-0.15, -0.1) is 0 Å². The fraction of sp³-hybridized carbons (Fsp3) is 0.667. The van der Waals surface area contributed by atoms with Gasteiger partial charge in [0.15, 0.2) is 6.29 Å². The Morgan fingerprint density at radius 3 is 2.50 bits per heavy atom. The Morgan fingerprint density at radius 1 is 1.22 bits per heavy atom. The van der Waals surface area contributed by atoms with E-state index >= 15 is 0 Å². The minimum absolute atomic E-state index is 0.226. The lowest BCUT2D eigenvalue weighted by atomic mass is 9.98. The zero-order valence-corrected chi connectivity index (χ0v) is 11.5. The SMILES string of the molecule is CCC1CC(CC(C)C)OC(c2ccncc2)O1. The highest BCUT2D eigenvalue weighted by molar-refractivity contribution is 5.11. The van der Waals surface area contributed by atoms with Gasteiger partial charge in [-0.1, -0.05) is 20.8 Å². The molecule has 1 aliphatic rings. The van der Waals surface area contributed by atoms with Crippen LogP contribution in [0.4, 0.5) is 0 Å². The fourth-order valence-electron chi connectivity index (χ4n) is 2.40. The Labute approximate surface area is 110 Å². The van der Waals surface area contributed by atoms with E-state index in [4.69, 9.17) is 9.47 Å². The van der Waals surface area contributed by atoms with E-state index in [1.807, 2.05) is 12.1 Å². The third-order valence-electron chi connectivity index (χ3n) is 3.33. The van der Waals surface area contributed by atoms with Gasteiger partial charge >= 0.3 is 0 Å². The zero-order chi connectivity index (χ0) is 13.0. The van der Waals surface area contributed by atoms with E-state index in [9.17, 15) is 0 Å². The molecule has 1 aromatic heterocycles. The van der Waals surface area contributed by atoms with Crippen molar-refractivity contribution in [3.63, 3.8) is 0 Å². The number of pyridine rings is 1. The topological polar surface area (TPSA) is 31.4 Å². The summed E-state index contributed by atoms with van der Waals surface area (Å²) >= 11 is 0. The average molecular weight is 249 g/mol. The minimum atomic E-state index is -0.226. The summed E-state index contributed by atoms with van der Waals surface area (Å²) in [5, 5.41) is 0. The van der Waals surface area contributed by atoms with E-state index in [0.717, 1.165) is 24.8 Å². The highest BCUT2D eigenvalue weighted by Crippen LogP contribution is 2.33. The van der Waals surface area contributed by atoms with Gasteiger partial charge in [0.2, 0.25) is 0 Å². The predicted octanol–water partition coefficient (Wildman–Crippen LogP) is 3.71. The van der Waals surface area contributed by atoms with Gasteiger partial charge in [-0.05, 0) is 30.9 Å². The molecule has 3 unspecified atom stereocenters. The molecule has 0 saturated carbocycles. The molecule has 1 saturated heterocycles. The van der Waals surface area contributed by atoms with Crippen LogP contribution in [-0.4, -0.2) is 17.2 Å². The standard InChI is InChI=1S/C15H23NO2/c1-4-13-10-14(9-11(2)3)18-15(17-13)12-5-7-16-8-6-12/h5-8,11,13-15H,4,9-10H2,1-3H3. The molecular formula is C15H23NO2. The first-order valence-electron chi connectivity index (χ1n) is 6.89. The van der Waals surface area contributed by atoms with Crippen molar-refractivity contribution < 1.29 is 9.47 Å². The van der Waals surface area contributed by atoms with Gasteiger partial charge in [-0.25, -0.2) is 0 Å². The molecule has 1 aromatic rings. The van der Waals surface area contributed by atoms with Gasteiger partial charge < -0.3 is 9.47 Å². The zero-order valence-electron chi connectivity index (χ0n) is 11.5. The molecule has 0 aromatic carbocycles. The quantitative estimate of drug-likeness (QED) is 0.815. The molecule has 0 amide bonds. The van der Waals surface area contributed by atoms with Crippen LogP contribution in [0.25, 0.3) is 0 Å². The van der Waals surface area contributed by atoms with E-state index in [2.05, 4.69) is 25.8 Å². The van der Waals surface area contributed by atoms with Gasteiger partial charge in [0.1, 0.15) is 0 Å². The molecule has 2 heterocycles. The van der Waals surface area contributed by atoms with E-state index in [-0.39, 0.29) is 6.29 Å². The van der Waals surface area contributed by atoms with Crippen LogP contribution in [0, 0.1) is 5.92 Å². The van der Waals surface area contributed by atoms with E-state index in [0.29, 0.717) is 18.1 Å². The lowest BCUT2D eigenvalue weighted by molar-refractivity contribution is -0.250. The van der Waals surface area contributed by atoms with Crippen LogP contribution in [0.3, 0.4) is 0 Å². The van der Waals surface area contributed by atoms with Gasteiger partial charge in [-0.2, -0.15) is 0 Å². The van der Waals surface area contributed by atoms with Crippen molar-refractivity contribution in [2.24, 2.45) is 5.92 Å². The second-order valence-electron chi connectivity index (χ2n) is 5.40. The summed E-state index contributed by atoms with van der Waals surface area (Å²) in [6.45, 7) is 6.65. The summed E-state index contributed by atoms with van der Waals surface area (Å²) in [4.78, 5) is 4.04. The second kappa shape index (κ2) is 6.30. The van der Waals surface area contributed by atoms with Crippen molar-refractivity contribution >= 4 is 0 Å². The summed E-state index contributed by atoms with van der Waals surface area (Å²) in [6.07, 6.45) is 7.11. The van der Waals surface area contributed by atoms with Gasteiger partial charge in [-0.3, -0.25) is 4.98 Å². The largest absolute Gasteiger partial charge is 0.345 e. The highest BCUT2D eigenvalue weighted by atomic mass is 16.7. The van der Waals surface area contributed by atoms with Crippen LogP contribution in [0.15, 0.2) is 24.5 Å². The third kappa shape index (κ3) is 3.53. The van der Waals surface area contributed by atoms with Crippen molar-refractivity contribution in [3.8, 4) is 0 Å². The van der Waals surface area contributed by atoms with Gasteiger partial charge in [0, 0.05) is 24.4 Å². The molecule has 0 aliphatic carbocycles. The third-order valence-corrected chi connectivity index (χ3v) is 3.33. The maximum absolute atomic E-state index is 6.07. The lowest BCUT2D eigenvalue weighted by Gasteiger charge is -2.36.